The second-order valence-electron chi connectivity index (χ2n) is 5.29. The first-order chi connectivity index (χ1) is 10.3. The molecular formula is C16H21N3OS. The normalized spacial score (nSPS) is 18.9. The Morgan fingerprint density at radius 3 is 3.10 bits per heavy atom. The molecule has 21 heavy (non-hydrogen) atoms. The molecule has 5 heteroatoms. The second-order valence-corrected chi connectivity index (χ2v) is 6.36. The number of para-hydroxylation sites is 1. The van der Waals surface area contributed by atoms with E-state index in [0.29, 0.717) is 0 Å². The summed E-state index contributed by atoms with van der Waals surface area (Å²) in [4.78, 5) is 1.23. The Balaban J connectivity index is 1.81. The molecule has 1 aromatic heterocycles. The SMILES string of the molecule is CCCNC(c1cnn(C)c1)C1CSc2ccccc2O1. The summed E-state index contributed by atoms with van der Waals surface area (Å²) in [5, 5.41) is 7.91. The molecule has 4 nitrogen and oxygen atoms in total. The van der Waals surface area contributed by atoms with Crippen LogP contribution < -0.4 is 10.1 Å². The van der Waals surface area contributed by atoms with E-state index in [-0.39, 0.29) is 12.1 Å². The van der Waals surface area contributed by atoms with Gasteiger partial charge in [-0.15, -0.1) is 11.8 Å². The maximum absolute atomic E-state index is 6.23. The lowest BCUT2D eigenvalue weighted by molar-refractivity contribution is 0.166. The highest BCUT2D eigenvalue weighted by Crippen LogP contribution is 2.38. The van der Waals surface area contributed by atoms with Gasteiger partial charge in [-0.2, -0.15) is 5.10 Å². The van der Waals surface area contributed by atoms with Crippen LogP contribution in [0.2, 0.25) is 0 Å². The molecular weight excluding hydrogens is 282 g/mol. The number of aryl methyl sites for hydroxylation is 1. The monoisotopic (exact) mass is 303 g/mol. The van der Waals surface area contributed by atoms with Gasteiger partial charge in [0.15, 0.2) is 0 Å². The molecule has 0 fully saturated rings. The van der Waals surface area contributed by atoms with Crippen molar-refractivity contribution in [1.29, 1.82) is 0 Å². The van der Waals surface area contributed by atoms with Gasteiger partial charge in [-0.3, -0.25) is 4.68 Å². The van der Waals surface area contributed by atoms with Crippen molar-refractivity contribution in [3.8, 4) is 5.75 Å². The number of hydrogen-bond acceptors (Lipinski definition) is 4. The lowest BCUT2D eigenvalue weighted by Crippen LogP contribution is -2.39. The number of thioether (sulfide) groups is 1. The van der Waals surface area contributed by atoms with Crippen LogP contribution in [-0.4, -0.2) is 28.2 Å². The molecule has 1 aliphatic rings. The largest absolute Gasteiger partial charge is 0.486 e. The van der Waals surface area contributed by atoms with E-state index >= 15 is 0 Å². The Morgan fingerprint density at radius 2 is 2.33 bits per heavy atom. The number of hydrogen-bond donors (Lipinski definition) is 1. The van der Waals surface area contributed by atoms with Gasteiger partial charge in [0.2, 0.25) is 0 Å². The lowest BCUT2D eigenvalue weighted by atomic mass is 10.1. The predicted molar refractivity (Wildman–Crippen MR) is 85.8 cm³/mol. The van der Waals surface area contributed by atoms with E-state index < -0.39 is 0 Å². The zero-order valence-corrected chi connectivity index (χ0v) is 13.3. The third kappa shape index (κ3) is 3.24. The molecule has 2 unspecified atom stereocenters. The molecule has 0 radical (unpaired) electrons. The molecule has 0 aliphatic carbocycles. The summed E-state index contributed by atoms with van der Waals surface area (Å²) in [5.41, 5.74) is 1.19. The Bertz CT molecular complexity index is 599. The zero-order valence-electron chi connectivity index (χ0n) is 12.5. The van der Waals surface area contributed by atoms with E-state index in [1.165, 1.54) is 10.5 Å². The average Bonchev–Trinajstić information content (AvgIpc) is 2.94. The molecule has 0 amide bonds. The highest BCUT2D eigenvalue weighted by atomic mass is 32.2. The first-order valence-electron chi connectivity index (χ1n) is 7.38. The average molecular weight is 303 g/mol. The number of fused-ring (bicyclic) bond motifs is 1. The Kier molecular flexibility index (Phi) is 4.51. The second kappa shape index (κ2) is 6.54. The van der Waals surface area contributed by atoms with Crippen LogP contribution >= 0.6 is 11.8 Å². The van der Waals surface area contributed by atoms with Crippen LogP contribution in [0, 0.1) is 0 Å². The third-order valence-electron chi connectivity index (χ3n) is 3.60. The van der Waals surface area contributed by atoms with Crippen LogP contribution in [0.3, 0.4) is 0 Å². The summed E-state index contributed by atoms with van der Waals surface area (Å²) in [6, 6.07) is 8.44. The number of ether oxygens (including phenoxy) is 1. The molecule has 1 aliphatic heterocycles. The minimum atomic E-state index is 0.126. The van der Waals surface area contributed by atoms with Crippen molar-refractivity contribution in [2.75, 3.05) is 12.3 Å². The third-order valence-corrected chi connectivity index (χ3v) is 4.74. The molecule has 1 N–H and O–H groups in total. The van der Waals surface area contributed by atoms with Crippen molar-refractivity contribution in [3.05, 3.63) is 42.2 Å². The molecule has 0 bridgehead atoms. The number of aromatic nitrogens is 2. The van der Waals surface area contributed by atoms with Gasteiger partial charge in [-0.25, -0.2) is 0 Å². The van der Waals surface area contributed by atoms with E-state index in [9.17, 15) is 0 Å². The van der Waals surface area contributed by atoms with Crippen LogP contribution in [0.1, 0.15) is 24.9 Å². The fraction of sp³-hybridized carbons (Fsp3) is 0.438. The van der Waals surface area contributed by atoms with Gasteiger partial charge in [-0.05, 0) is 25.1 Å². The van der Waals surface area contributed by atoms with Gasteiger partial charge >= 0.3 is 0 Å². The van der Waals surface area contributed by atoms with E-state index in [1.807, 2.05) is 35.8 Å². The zero-order chi connectivity index (χ0) is 14.7. The number of nitrogens with zero attached hydrogens (tertiary/aromatic N) is 2. The van der Waals surface area contributed by atoms with Gasteiger partial charge < -0.3 is 10.1 Å². The van der Waals surface area contributed by atoms with Gasteiger partial charge in [0, 0.05) is 29.5 Å². The quantitative estimate of drug-likeness (QED) is 0.921. The van der Waals surface area contributed by atoms with Gasteiger partial charge in [0.05, 0.1) is 12.2 Å². The van der Waals surface area contributed by atoms with Crippen LogP contribution in [0.5, 0.6) is 5.75 Å². The first-order valence-corrected chi connectivity index (χ1v) is 8.37. The Hall–Kier alpha value is -1.46. The molecule has 0 saturated carbocycles. The number of rotatable bonds is 5. The van der Waals surface area contributed by atoms with Crippen molar-refractivity contribution < 1.29 is 4.74 Å². The van der Waals surface area contributed by atoms with Gasteiger partial charge in [-0.1, -0.05) is 19.1 Å². The fourth-order valence-corrected chi connectivity index (χ4v) is 3.60. The summed E-state index contributed by atoms with van der Waals surface area (Å²) in [6.07, 6.45) is 5.23. The van der Waals surface area contributed by atoms with Crippen molar-refractivity contribution in [2.45, 2.75) is 30.4 Å². The van der Waals surface area contributed by atoms with Crippen LogP contribution in [-0.2, 0) is 7.05 Å². The van der Waals surface area contributed by atoms with Gasteiger partial charge in [0.1, 0.15) is 11.9 Å². The van der Waals surface area contributed by atoms with Crippen LogP contribution in [0.25, 0.3) is 0 Å². The molecule has 2 aromatic rings. The molecule has 2 atom stereocenters. The first kappa shape index (κ1) is 14.5. The summed E-state index contributed by atoms with van der Waals surface area (Å²) < 4.78 is 8.08. The highest BCUT2D eigenvalue weighted by molar-refractivity contribution is 7.99. The Morgan fingerprint density at radius 1 is 1.48 bits per heavy atom. The molecule has 3 rings (SSSR count). The van der Waals surface area contributed by atoms with E-state index in [2.05, 4.69) is 41.7 Å². The van der Waals surface area contributed by atoms with Crippen LogP contribution in [0.15, 0.2) is 41.6 Å². The minimum Gasteiger partial charge on any atom is -0.486 e. The lowest BCUT2D eigenvalue weighted by Gasteiger charge is -2.32. The van der Waals surface area contributed by atoms with Gasteiger partial charge in [0.25, 0.3) is 0 Å². The topological polar surface area (TPSA) is 39.1 Å². The van der Waals surface area contributed by atoms with E-state index in [4.69, 9.17) is 4.74 Å². The summed E-state index contributed by atoms with van der Waals surface area (Å²) in [7, 11) is 1.95. The molecule has 1 aromatic carbocycles. The maximum Gasteiger partial charge on any atom is 0.133 e. The maximum atomic E-state index is 6.23. The molecule has 0 spiro atoms. The summed E-state index contributed by atoms with van der Waals surface area (Å²) in [6.45, 7) is 3.16. The minimum absolute atomic E-state index is 0.126. The fourth-order valence-electron chi connectivity index (χ4n) is 2.56. The molecule has 0 saturated heterocycles. The van der Waals surface area contributed by atoms with Crippen molar-refractivity contribution in [2.24, 2.45) is 7.05 Å². The highest BCUT2D eigenvalue weighted by Gasteiger charge is 2.29. The smallest absolute Gasteiger partial charge is 0.133 e. The van der Waals surface area contributed by atoms with Crippen molar-refractivity contribution in [1.82, 2.24) is 15.1 Å². The van der Waals surface area contributed by atoms with Crippen molar-refractivity contribution in [3.63, 3.8) is 0 Å². The van der Waals surface area contributed by atoms with E-state index in [0.717, 1.165) is 24.5 Å². The van der Waals surface area contributed by atoms with Crippen molar-refractivity contribution >= 4 is 11.8 Å². The van der Waals surface area contributed by atoms with Crippen LogP contribution in [0.4, 0.5) is 0 Å². The summed E-state index contributed by atoms with van der Waals surface area (Å²) in [5.74, 6) is 1.94. The van der Waals surface area contributed by atoms with E-state index in [1.54, 1.807) is 0 Å². The standard InChI is InChI=1S/C16H21N3OS/c1-3-8-17-16(12-9-18-19(2)10-12)14-11-21-15-7-5-4-6-13(15)20-14/h4-7,9-10,14,16-17H,3,8,11H2,1-2H3. The summed E-state index contributed by atoms with van der Waals surface area (Å²) >= 11 is 1.87. The predicted octanol–water partition coefficient (Wildman–Crippen LogP) is 3.01. The molecule has 2 heterocycles. The molecule has 112 valence electrons. The number of nitrogens with one attached hydrogen (secondary N) is 1. The Labute approximate surface area is 129 Å². The number of benzene rings is 1.